The summed E-state index contributed by atoms with van der Waals surface area (Å²) >= 11 is 0. The molecule has 2 aliphatic heterocycles. The number of halogens is 1. The smallest absolute Gasteiger partial charge is 0.318 e. The molecule has 3 aliphatic rings. The van der Waals surface area contributed by atoms with E-state index >= 15 is 0 Å². The predicted octanol–water partition coefficient (Wildman–Crippen LogP) is 6.58. The molecule has 1 aromatic rings. The van der Waals surface area contributed by atoms with Crippen molar-refractivity contribution in [2.24, 2.45) is 28.6 Å². The Kier molecular flexibility index (Phi) is 11.6. The summed E-state index contributed by atoms with van der Waals surface area (Å²) in [4.78, 5) is 84.7. The highest BCUT2D eigenvalue weighted by Crippen LogP contribution is 2.38. The molecular weight excluding hydrogens is 625 g/mol. The van der Waals surface area contributed by atoms with Crippen LogP contribution in [0.4, 0.5) is 9.18 Å². The number of carbonyl (C=O) groups excluding carboxylic acids is 6. The summed E-state index contributed by atoms with van der Waals surface area (Å²) < 4.78 is 14.5. The van der Waals surface area contributed by atoms with Gasteiger partial charge in [-0.25, -0.2) is 9.18 Å². The number of nitrogens with zero attached hydrogens (tertiary/aromatic N) is 2. The SMILES string of the molecule is CCC[C@H](CC(=O)[C@@H]1C[C@](C)(NC(=O)N2Cc3cccc(F)c3C2)CN1C(=O)[C@@H](CC(=O)CC(C)(C)C)C(C)(C)C)C(=O)C(=O)CC1CC1. The molecule has 0 unspecified atom stereocenters. The highest BCUT2D eigenvalue weighted by atomic mass is 19.1. The van der Waals surface area contributed by atoms with E-state index in [9.17, 15) is 33.2 Å². The van der Waals surface area contributed by atoms with Crippen molar-refractivity contribution in [2.75, 3.05) is 6.54 Å². The Morgan fingerprint density at radius 2 is 1.67 bits per heavy atom. The first-order valence-electron chi connectivity index (χ1n) is 18.0. The summed E-state index contributed by atoms with van der Waals surface area (Å²) in [6.45, 7) is 15.7. The van der Waals surface area contributed by atoms with Gasteiger partial charge in [0.05, 0.1) is 18.1 Å². The Morgan fingerprint density at radius 3 is 2.24 bits per heavy atom. The molecule has 9 nitrogen and oxygen atoms in total. The minimum atomic E-state index is -1.02. The fraction of sp³-hybridized carbons (Fsp3) is 0.692. The topological polar surface area (TPSA) is 121 Å². The van der Waals surface area contributed by atoms with Crippen LogP contribution in [0.1, 0.15) is 124 Å². The van der Waals surface area contributed by atoms with Crippen LogP contribution in [0.25, 0.3) is 0 Å². The quantitative estimate of drug-likeness (QED) is 0.222. The third-order valence-corrected chi connectivity index (χ3v) is 10.2. The van der Waals surface area contributed by atoms with E-state index in [1.165, 1.54) is 15.9 Å². The van der Waals surface area contributed by atoms with Gasteiger partial charge in [0.15, 0.2) is 11.6 Å². The number of hydrogen-bond acceptors (Lipinski definition) is 6. The second-order valence-corrected chi connectivity index (χ2v) is 17.4. The van der Waals surface area contributed by atoms with Gasteiger partial charge in [0, 0.05) is 56.2 Å². The van der Waals surface area contributed by atoms with Gasteiger partial charge in [0.2, 0.25) is 11.7 Å². The average molecular weight is 682 g/mol. The summed E-state index contributed by atoms with van der Waals surface area (Å²) in [5.74, 6) is -3.28. The number of ketones is 4. The van der Waals surface area contributed by atoms with Crippen molar-refractivity contribution in [2.45, 2.75) is 138 Å². The molecular formula is C39H56FN3O6. The Labute approximate surface area is 291 Å². The molecule has 0 radical (unpaired) electrons. The molecule has 4 rings (SSSR count). The number of Topliss-reactive ketones (excluding diaryl/α,β-unsaturated/α-hetero) is 4. The lowest BCUT2D eigenvalue weighted by atomic mass is 9.75. The van der Waals surface area contributed by atoms with E-state index in [0.29, 0.717) is 24.8 Å². The maximum Gasteiger partial charge on any atom is 0.318 e. The van der Waals surface area contributed by atoms with Gasteiger partial charge in [-0.1, -0.05) is 67.0 Å². The Morgan fingerprint density at radius 1 is 1.00 bits per heavy atom. The summed E-state index contributed by atoms with van der Waals surface area (Å²) in [6.07, 6.45) is 3.33. The van der Waals surface area contributed by atoms with Crippen LogP contribution in [-0.2, 0) is 37.1 Å². The Bertz CT molecular complexity index is 1470. The van der Waals surface area contributed by atoms with Crippen LogP contribution in [0.5, 0.6) is 0 Å². The van der Waals surface area contributed by atoms with Crippen molar-refractivity contribution in [3.05, 3.63) is 35.1 Å². The van der Waals surface area contributed by atoms with Crippen LogP contribution >= 0.6 is 0 Å². The van der Waals surface area contributed by atoms with Crippen LogP contribution < -0.4 is 5.32 Å². The van der Waals surface area contributed by atoms with Gasteiger partial charge in [-0.05, 0) is 61.0 Å². The average Bonchev–Trinajstić information content (AvgIpc) is 3.56. The third kappa shape index (κ3) is 9.85. The molecule has 0 spiro atoms. The zero-order chi connectivity index (χ0) is 36.5. The number of amides is 3. The number of carbonyl (C=O) groups is 6. The van der Waals surface area contributed by atoms with E-state index in [-0.39, 0.29) is 79.9 Å². The van der Waals surface area contributed by atoms with Crippen LogP contribution in [0.2, 0.25) is 0 Å². The maximum atomic E-state index is 14.5. The minimum Gasteiger partial charge on any atom is -0.331 e. The Hall–Kier alpha value is -3.43. The largest absolute Gasteiger partial charge is 0.331 e. The van der Waals surface area contributed by atoms with Gasteiger partial charge < -0.3 is 15.1 Å². The van der Waals surface area contributed by atoms with Gasteiger partial charge in [0.25, 0.3) is 0 Å². The molecule has 3 amide bonds. The molecule has 10 heteroatoms. The number of fused-ring (bicyclic) bond motifs is 1. The van der Waals surface area contributed by atoms with Crippen molar-refractivity contribution in [1.29, 1.82) is 0 Å². The molecule has 49 heavy (non-hydrogen) atoms. The van der Waals surface area contributed by atoms with Crippen LogP contribution in [0, 0.1) is 34.4 Å². The standard InChI is InChI=1S/C39H56FN3O6/c1-9-11-25(34(47)33(46)16-24-14-15-24)17-32(45)31-20-39(8,41-36(49)42-21-26-12-10-13-30(40)28(26)22-42)23-43(31)35(48)29(38(5,6)7)18-27(44)19-37(2,3)4/h10,12-13,24-25,29,31H,9,11,14-23H2,1-8H3,(H,41,49)/t25-,29-,31+,39+/m1/s1. The van der Waals surface area contributed by atoms with E-state index in [2.05, 4.69) is 5.32 Å². The number of rotatable bonds is 14. The zero-order valence-electron chi connectivity index (χ0n) is 30.7. The normalized spacial score (nSPS) is 22.0. The lowest BCUT2D eigenvalue weighted by Gasteiger charge is -2.36. The van der Waals surface area contributed by atoms with Crippen molar-refractivity contribution >= 4 is 35.1 Å². The highest BCUT2D eigenvalue weighted by Gasteiger charge is 2.50. The van der Waals surface area contributed by atoms with Crippen LogP contribution in [-0.4, -0.2) is 63.0 Å². The summed E-state index contributed by atoms with van der Waals surface area (Å²) in [5.41, 5.74) is -0.693. The monoisotopic (exact) mass is 681 g/mol. The van der Waals surface area contributed by atoms with Crippen molar-refractivity contribution in [3.63, 3.8) is 0 Å². The van der Waals surface area contributed by atoms with Crippen LogP contribution in [0.3, 0.4) is 0 Å². The molecule has 0 aromatic heterocycles. The molecule has 4 atom stereocenters. The van der Waals surface area contributed by atoms with E-state index in [0.717, 1.165) is 18.4 Å². The molecule has 1 aliphatic carbocycles. The second-order valence-electron chi connectivity index (χ2n) is 17.4. The molecule has 270 valence electrons. The van der Waals surface area contributed by atoms with Gasteiger partial charge in [0.1, 0.15) is 11.6 Å². The molecule has 1 aromatic carbocycles. The predicted molar refractivity (Wildman–Crippen MR) is 185 cm³/mol. The summed E-state index contributed by atoms with van der Waals surface area (Å²) in [5, 5.41) is 3.05. The van der Waals surface area contributed by atoms with Crippen molar-refractivity contribution in [3.8, 4) is 0 Å². The molecule has 1 saturated carbocycles. The van der Waals surface area contributed by atoms with Gasteiger partial charge in [-0.3, -0.25) is 24.0 Å². The van der Waals surface area contributed by atoms with Crippen molar-refractivity contribution < 1.29 is 33.2 Å². The van der Waals surface area contributed by atoms with E-state index in [4.69, 9.17) is 0 Å². The molecule has 2 fully saturated rings. The maximum absolute atomic E-state index is 14.5. The summed E-state index contributed by atoms with van der Waals surface area (Å²) in [6, 6.07) is 3.37. The molecule has 0 bridgehead atoms. The number of nitrogens with one attached hydrogen (secondary N) is 1. The number of hydrogen-bond donors (Lipinski definition) is 1. The summed E-state index contributed by atoms with van der Waals surface area (Å²) in [7, 11) is 0. The van der Waals surface area contributed by atoms with Crippen LogP contribution in [0.15, 0.2) is 18.2 Å². The van der Waals surface area contributed by atoms with Crippen molar-refractivity contribution in [1.82, 2.24) is 15.1 Å². The highest BCUT2D eigenvalue weighted by molar-refractivity contribution is 6.38. The van der Waals surface area contributed by atoms with E-state index in [1.807, 2.05) is 48.5 Å². The zero-order valence-corrected chi connectivity index (χ0v) is 30.7. The number of urea groups is 1. The van der Waals surface area contributed by atoms with Gasteiger partial charge >= 0.3 is 6.03 Å². The van der Waals surface area contributed by atoms with E-state index < -0.39 is 46.4 Å². The first-order valence-corrected chi connectivity index (χ1v) is 18.0. The molecule has 1 N–H and O–H groups in total. The number of benzene rings is 1. The fourth-order valence-corrected chi connectivity index (χ4v) is 7.38. The number of likely N-dealkylation sites (tertiary alicyclic amines) is 1. The second kappa shape index (κ2) is 14.8. The van der Waals surface area contributed by atoms with E-state index in [1.54, 1.807) is 19.1 Å². The first-order chi connectivity index (χ1) is 22.7. The molecule has 2 heterocycles. The fourth-order valence-electron chi connectivity index (χ4n) is 7.38. The van der Waals surface area contributed by atoms with Gasteiger partial charge in [-0.15, -0.1) is 0 Å². The minimum absolute atomic E-state index is 0.0182. The Balaban J connectivity index is 1.59. The molecule has 1 saturated heterocycles. The lowest BCUT2D eigenvalue weighted by Crippen LogP contribution is -2.53. The lowest BCUT2D eigenvalue weighted by molar-refractivity contribution is -0.146. The van der Waals surface area contributed by atoms with Gasteiger partial charge in [-0.2, -0.15) is 0 Å². The third-order valence-electron chi connectivity index (χ3n) is 10.2. The first kappa shape index (κ1) is 38.4.